The number of para-hydroxylation sites is 1. The highest BCUT2D eigenvalue weighted by molar-refractivity contribution is 7.89. The van der Waals surface area contributed by atoms with Crippen LogP contribution in [0.5, 0.6) is 0 Å². The molecular weight excluding hydrogens is 488 g/mol. The van der Waals surface area contributed by atoms with Gasteiger partial charge in [0, 0.05) is 62.0 Å². The number of carbonyl (C=O) groups is 1. The first-order valence-corrected chi connectivity index (χ1v) is 13.2. The number of benzene rings is 2. The number of rotatable bonds is 7. The molecule has 0 aliphatic carbocycles. The van der Waals surface area contributed by atoms with Gasteiger partial charge >= 0.3 is 0 Å². The lowest BCUT2D eigenvalue weighted by molar-refractivity contribution is -0.117. The molecule has 0 saturated heterocycles. The third-order valence-corrected chi connectivity index (χ3v) is 8.20. The number of amides is 1. The van der Waals surface area contributed by atoms with Crippen molar-refractivity contribution in [1.82, 2.24) is 19.3 Å². The maximum absolute atomic E-state index is 13.0. The van der Waals surface area contributed by atoms with Crippen LogP contribution in [-0.4, -0.2) is 54.2 Å². The zero-order chi connectivity index (χ0) is 26.0. The number of fused-ring (bicyclic) bond motifs is 3. The Bertz CT molecular complexity index is 1540. The van der Waals surface area contributed by atoms with E-state index in [0.29, 0.717) is 30.3 Å². The van der Waals surface area contributed by atoms with Crippen molar-refractivity contribution in [3.63, 3.8) is 0 Å². The summed E-state index contributed by atoms with van der Waals surface area (Å²) in [6, 6.07) is 19.7. The molecule has 0 bridgehead atoms. The van der Waals surface area contributed by atoms with Crippen molar-refractivity contribution in [1.29, 1.82) is 0 Å². The van der Waals surface area contributed by atoms with Gasteiger partial charge in [0.05, 0.1) is 22.7 Å². The molecule has 2 aromatic carbocycles. The van der Waals surface area contributed by atoms with Crippen LogP contribution in [0.4, 0.5) is 17.3 Å². The van der Waals surface area contributed by atoms with E-state index in [-0.39, 0.29) is 17.2 Å². The van der Waals surface area contributed by atoms with Crippen LogP contribution in [0.3, 0.4) is 0 Å². The largest absolute Gasteiger partial charge is 0.324 e. The molecule has 0 radical (unpaired) electrons. The third-order valence-electron chi connectivity index (χ3n) is 6.33. The molecule has 0 atom stereocenters. The monoisotopic (exact) mass is 514 g/mol. The van der Waals surface area contributed by atoms with E-state index in [4.69, 9.17) is 4.98 Å². The summed E-state index contributed by atoms with van der Waals surface area (Å²) in [6.45, 7) is 0.321. The standard InChI is InChI=1S/C27H26N6O3S/c1-32(16-14-20-7-5-6-15-28-20)37(35,36)22-12-10-21(11-13-22)30-27-29-18-19-17-25(34)33(2)24-9-4-3-8-23(24)26(19)31-27/h3-13,15,18H,14,16-17H2,1-2H3,(H,29,30,31). The minimum Gasteiger partial charge on any atom is -0.324 e. The average Bonchev–Trinajstić information content (AvgIpc) is 3.02. The first kappa shape index (κ1) is 24.5. The van der Waals surface area contributed by atoms with Crippen LogP contribution in [0.1, 0.15) is 11.3 Å². The Balaban J connectivity index is 1.33. The van der Waals surface area contributed by atoms with Crippen molar-refractivity contribution in [2.45, 2.75) is 17.7 Å². The Morgan fingerprint density at radius 3 is 2.51 bits per heavy atom. The van der Waals surface area contributed by atoms with Crippen molar-refractivity contribution >= 4 is 33.3 Å². The topological polar surface area (TPSA) is 108 Å². The lowest BCUT2D eigenvalue weighted by atomic mass is 10.1. The summed E-state index contributed by atoms with van der Waals surface area (Å²) in [4.78, 5) is 27.8. The fourth-order valence-corrected chi connectivity index (χ4v) is 5.34. The van der Waals surface area contributed by atoms with E-state index in [1.807, 2.05) is 42.5 Å². The van der Waals surface area contributed by atoms with E-state index in [9.17, 15) is 13.2 Å². The molecule has 1 aliphatic heterocycles. The second-order valence-electron chi connectivity index (χ2n) is 8.76. The van der Waals surface area contributed by atoms with E-state index in [1.165, 1.54) is 4.31 Å². The molecular formula is C27H26N6O3S. The van der Waals surface area contributed by atoms with E-state index >= 15 is 0 Å². The molecule has 5 rings (SSSR count). The van der Waals surface area contributed by atoms with Gasteiger partial charge in [-0.3, -0.25) is 9.78 Å². The molecule has 10 heteroatoms. The van der Waals surface area contributed by atoms with Crippen molar-refractivity contribution in [3.05, 3.63) is 90.4 Å². The van der Waals surface area contributed by atoms with Crippen molar-refractivity contribution in [3.8, 4) is 11.3 Å². The summed E-state index contributed by atoms with van der Waals surface area (Å²) < 4.78 is 27.4. The maximum atomic E-state index is 13.0. The number of nitrogens with one attached hydrogen (secondary N) is 1. The maximum Gasteiger partial charge on any atom is 0.242 e. The lowest BCUT2D eigenvalue weighted by Crippen LogP contribution is -2.29. The minimum absolute atomic E-state index is 0.0303. The molecule has 1 amide bonds. The number of sulfonamides is 1. The third kappa shape index (κ3) is 5.07. The van der Waals surface area contributed by atoms with Crippen LogP contribution in [0, 0.1) is 0 Å². The van der Waals surface area contributed by atoms with Gasteiger partial charge in [0.2, 0.25) is 21.9 Å². The van der Waals surface area contributed by atoms with Gasteiger partial charge in [-0.15, -0.1) is 0 Å². The molecule has 3 heterocycles. The Labute approximate surface area is 215 Å². The minimum atomic E-state index is -3.65. The molecule has 0 spiro atoms. The smallest absolute Gasteiger partial charge is 0.242 e. The SMILES string of the molecule is CN1C(=O)Cc2cnc(Nc3ccc(S(=O)(=O)N(C)CCc4ccccn4)cc3)nc2-c2ccccc21. The first-order chi connectivity index (χ1) is 17.8. The summed E-state index contributed by atoms with van der Waals surface area (Å²) >= 11 is 0. The van der Waals surface area contributed by atoms with Crippen LogP contribution in [-0.2, 0) is 27.7 Å². The number of carbonyl (C=O) groups excluding carboxylic acids is 1. The van der Waals surface area contributed by atoms with E-state index < -0.39 is 10.0 Å². The quantitative estimate of drug-likeness (QED) is 0.401. The van der Waals surface area contributed by atoms with Crippen LogP contribution in [0.2, 0.25) is 0 Å². The number of hydrogen-bond acceptors (Lipinski definition) is 7. The number of aromatic nitrogens is 3. The predicted molar refractivity (Wildman–Crippen MR) is 142 cm³/mol. The molecule has 1 aliphatic rings. The van der Waals surface area contributed by atoms with Gasteiger partial charge in [0.25, 0.3) is 0 Å². The lowest BCUT2D eigenvalue weighted by Gasteiger charge is -2.17. The Kier molecular flexibility index (Phi) is 6.68. The summed E-state index contributed by atoms with van der Waals surface area (Å²) in [7, 11) is -0.330. The van der Waals surface area contributed by atoms with Gasteiger partial charge in [-0.1, -0.05) is 24.3 Å². The van der Waals surface area contributed by atoms with Crippen LogP contribution in [0.15, 0.2) is 84.0 Å². The molecule has 2 aromatic heterocycles. The number of likely N-dealkylation sites (N-methyl/N-ethyl adjacent to an activating group) is 2. The van der Waals surface area contributed by atoms with Crippen LogP contribution >= 0.6 is 0 Å². The molecule has 188 valence electrons. The fourth-order valence-electron chi connectivity index (χ4n) is 4.17. The molecule has 37 heavy (non-hydrogen) atoms. The first-order valence-electron chi connectivity index (χ1n) is 11.8. The zero-order valence-electron chi connectivity index (χ0n) is 20.5. The number of anilines is 3. The molecule has 0 fully saturated rings. The van der Waals surface area contributed by atoms with E-state index in [0.717, 1.165) is 22.5 Å². The van der Waals surface area contributed by atoms with Gasteiger partial charge in [0.15, 0.2) is 0 Å². The van der Waals surface area contributed by atoms with Gasteiger partial charge in [-0.25, -0.2) is 22.7 Å². The normalized spacial score (nSPS) is 13.2. The average molecular weight is 515 g/mol. The Morgan fingerprint density at radius 2 is 1.76 bits per heavy atom. The highest BCUT2D eigenvalue weighted by Gasteiger charge is 2.25. The summed E-state index contributed by atoms with van der Waals surface area (Å²) in [5.74, 6) is 0.325. The van der Waals surface area contributed by atoms with Crippen molar-refractivity contribution < 1.29 is 13.2 Å². The van der Waals surface area contributed by atoms with Crippen LogP contribution in [0.25, 0.3) is 11.3 Å². The molecule has 1 N–H and O–H groups in total. The van der Waals surface area contributed by atoms with E-state index in [2.05, 4.69) is 15.3 Å². The summed E-state index contributed by atoms with van der Waals surface area (Å²) in [6.07, 6.45) is 4.09. The number of nitrogens with zero attached hydrogens (tertiary/aromatic N) is 5. The predicted octanol–water partition coefficient (Wildman–Crippen LogP) is 3.66. The van der Waals surface area contributed by atoms with Gasteiger partial charge in [-0.05, 0) is 42.5 Å². The second-order valence-corrected chi connectivity index (χ2v) is 10.8. The van der Waals surface area contributed by atoms with Gasteiger partial charge < -0.3 is 10.2 Å². The van der Waals surface area contributed by atoms with Gasteiger partial charge in [0.1, 0.15) is 0 Å². The Morgan fingerprint density at radius 1 is 1.00 bits per heavy atom. The van der Waals surface area contributed by atoms with Gasteiger partial charge in [-0.2, -0.15) is 0 Å². The van der Waals surface area contributed by atoms with Crippen molar-refractivity contribution in [2.75, 3.05) is 30.9 Å². The number of hydrogen-bond donors (Lipinski definition) is 1. The summed E-state index contributed by atoms with van der Waals surface area (Å²) in [5.41, 5.74) is 4.57. The summed E-state index contributed by atoms with van der Waals surface area (Å²) in [5, 5.41) is 3.14. The molecule has 4 aromatic rings. The molecule has 0 saturated carbocycles. The molecule has 9 nitrogen and oxygen atoms in total. The number of pyridine rings is 1. The van der Waals surface area contributed by atoms with Crippen LogP contribution < -0.4 is 10.2 Å². The zero-order valence-corrected chi connectivity index (χ0v) is 21.3. The van der Waals surface area contributed by atoms with E-state index in [1.54, 1.807) is 55.7 Å². The second kappa shape index (κ2) is 10.1. The van der Waals surface area contributed by atoms with Crippen molar-refractivity contribution in [2.24, 2.45) is 0 Å². The highest BCUT2D eigenvalue weighted by atomic mass is 32.2. The highest BCUT2D eigenvalue weighted by Crippen LogP contribution is 2.35. The fraction of sp³-hybridized carbons (Fsp3) is 0.185. The Hall–Kier alpha value is -4.15. The molecule has 0 unspecified atom stereocenters.